The van der Waals surface area contributed by atoms with Gasteiger partial charge in [0.05, 0.1) is 53.4 Å². The Morgan fingerprint density at radius 2 is 1.26 bits per heavy atom. The van der Waals surface area contributed by atoms with Crippen LogP contribution in [-0.2, 0) is 33.2 Å². The van der Waals surface area contributed by atoms with Gasteiger partial charge < -0.3 is 33.7 Å². The molecule has 0 heterocycles. The van der Waals surface area contributed by atoms with E-state index in [1.54, 1.807) is 0 Å². The summed E-state index contributed by atoms with van der Waals surface area (Å²) in [5.74, 6) is -0.375. The molecule has 0 saturated heterocycles. The average molecular weight is 488 g/mol. The number of carbonyl (C=O) groups is 2. The van der Waals surface area contributed by atoms with E-state index in [0.717, 1.165) is 0 Å². The summed E-state index contributed by atoms with van der Waals surface area (Å²) >= 11 is 0. The largest absolute Gasteiger partial charge is 0.467 e. The molecular formula is C26H33NO8. The van der Waals surface area contributed by atoms with Crippen molar-refractivity contribution in [1.82, 2.24) is 5.32 Å². The van der Waals surface area contributed by atoms with Gasteiger partial charge in [-0.1, -0.05) is 48.5 Å². The summed E-state index contributed by atoms with van der Waals surface area (Å²) in [5, 5.41) is 2.71. The molecule has 1 aliphatic carbocycles. The fraction of sp³-hybridized carbons (Fsp3) is 0.462. The van der Waals surface area contributed by atoms with E-state index in [1.165, 1.54) is 29.4 Å². The molecule has 0 fully saturated rings. The second-order valence-corrected chi connectivity index (χ2v) is 7.72. The van der Waals surface area contributed by atoms with E-state index < -0.39 is 12.1 Å². The molecule has 0 aliphatic heterocycles. The highest BCUT2D eigenvalue weighted by atomic mass is 16.6. The number of rotatable bonds is 16. The molecule has 1 aliphatic rings. The number of alkyl carbamates (subject to hydrolysis) is 1. The summed E-state index contributed by atoms with van der Waals surface area (Å²) in [7, 11) is 1.31. The van der Waals surface area contributed by atoms with E-state index in [-0.39, 0.29) is 19.1 Å². The van der Waals surface area contributed by atoms with Gasteiger partial charge in [-0.3, -0.25) is 0 Å². The molecule has 0 spiro atoms. The van der Waals surface area contributed by atoms with Gasteiger partial charge in [0, 0.05) is 12.5 Å². The van der Waals surface area contributed by atoms with Crippen molar-refractivity contribution >= 4 is 12.1 Å². The molecule has 2 aromatic rings. The molecule has 0 radical (unpaired) electrons. The van der Waals surface area contributed by atoms with Crippen LogP contribution < -0.4 is 5.32 Å². The quantitative estimate of drug-likeness (QED) is 0.285. The van der Waals surface area contributed by atoms with Crippen LogP contribution in [0.2, 0.25) is 0 Å². The van der Waals surface area contributed by atoms with Crippen LogP contribution >= 0.6 is 0 Å². The summed E-state index contributed by atoms with van der Waals surface area (Å²) < 4.78 is 31.2. The van der Waals surface area contributed by atoms with Crippen molar-refractivity contribution in [1.29, 1.82) is 0 Å². The number of ether oxygens (including phenoxy) is 6. The van der Waals surface area contributed by atoms with Gasteiger partial charge in [-0.05, 0) is 22.3 Å². The molecule has 2 aromatic carbocycles. The third-order valence-electron chi connectivity index (χ3n) is 5.42. The normalized spacial score (nSPS) is 12.1. The molecule has 190 valence electrons. The average Bonchev–Trinajstić information content (AvgIpc) is 3.21. The van der Waals surface area contributed by atoms with Crippen LogP contribution in [0.5, 0.6) is 0 Å². The number of carbonyl (C=O) groups excluding carboxylic acids is 2. The lowest BCUT2D eigenvalue weighted by atomic mass is 9.98. The zero-order valence-corrected chi connectivity index (χ0v) is 20.0. The third-order valence-corrected chi connectivity index (χ3v) is 5.42. The first-order valence-corrected chi connectivity index (χ1v) is 11.7. The first-order valence-electron chi connectivity index (χ1n) is 11.7. The minimum Gasteiger partial charge on any atom is -0.467 e. The zero-order valence-electron chi connectivity index (χ0n) is 20.0. The Morgan fingerprint density at radius 3 is 1.83 bits per heavy atom. The third kappa shape index (κ3) is 8.63. The first-order chi connectivity index (χ1) is 17.2. The Kier molecular flexibility index (Phi) is 11.5. The van der Waals surface area contributed by atoms with Crippen LogP contribution in [0, 0.1) is 0 Å². The predicted octanol–water partition coefficient (Wildman–Crippen LogP) is 2.76. The maximum atomic E-state index is 12.1. The van der Waals surface area contributed by atoms with Crippen molar-refractivity contribution in [2.45, 2.75) is 5.92 Å². The Morgan fingerprint density at radius 1 is 0.743 bits per heavy atom. The summed E-state index contributed by atoms with van der Waals surface area (Å²) in [6.45, 7) is 3.29. The minimum atomic E-state index is -0.459. The highest BCUT2D eigenvalue weighted by Crippen LogP contribution is 2.44. The number of amides is 1. The Balaban J connectivity index is 1.17. The van der Waals surface area contributed by atoms with Crippen molar-refractivity contribution in [3.8, 4) is 11.1 Å². The molecular weight excluding hydrogens is 454 g/mol. The molecule has 0 atom stereocenters. The molecule has 0 bridgehead atoms. The van der Waals surface area contributed by atoms with E-state index in [4.69, 9.17) is 23.7 Å². The van der Waals surface area contributed by atoms with Crippen molar-refractivity contribution in [3.63, 3.8) is 0 Å². The molecule has 0 unspecified atom stereocenters. The van der Waals surface area contributed by atoms with Crippen LogP contribution in [0.1, 0.15) is 17.0 Å². The van der Waals surface area contributed by atoms with E-state index in [2.05, 4.69) is 34.3 Å². The van der Waals surface area contributed by atoms with Crippen LogP contribution in [0.15, 0.2) is 48.5 Å². The lowest BCUT2D eigenvalue weighted by Gasteiger charge is -2.14. The predicted molar refractivity (Wildman–Crippen MR) is 128 cm³/mol. The smallest absolute Gasteiger partial charge is 0.407 e. The number of nitrogens with one attached hydrogen (secondary N) is 1. The second-order valence-electron chi connectivity index (χ2n) is 7.72. The van der Waals surface area contributed by atoms with E-state index in [1.807, 2.05) is 24.3 Å². The van der Waals surface area contributed by atoms with Gasteiger partial charge in [-0.25, -0.2) is 9.59 Å². The molecule has 0 saturated carbocycles. The second kappa shape index (κ2) is 15.1. The van der Waals surface area contributed by atoms with Gasteiger partial charge in [0.25, 0.3) is 0 Å². The van der Waals surface area contributed by atoms with Crippen LogP contribution in [0.25, 0.3) is 11.1 Å². The number of methoxy groups -OCH3 is 1. The summed E-state index contributed by atoms with van der Waals surface area (Å²) in [5.41, 5.74) is 4.76. The standard InChI is InChI=1S/C26H33NO8/c1-30-25(28)19-34-17-16-33-15-14-32-13-12-31-11-10-27-26(29)35-18-24-22-8-4-2-6-20(22)21-7-3-5-9-23(21)24/h2-9,24H,10-19H2,1H3,(H,27,29). The maximum absolute atomic E-state index is 12.1. The van der Waals surface area contributed by atoms with Crippen molar-refractivity contribution in [2.24, 2.45) is 0 Å². The van der Waals surface area contributed by atoms with Gasteiger partial charge in [-0.15, -0.1) is 0 Å². The molecule has 1 N–H and O–H groups in total. The number of esters is 1. The number of hydrogen-bond acceptors (Lipinski definition) is 8. The highest BCUT2D eigenvalue weighted by molar-refractivity contribution is 5.79. The summed E-state index contributed by atoms with van der Waals surface area (Å²) in [4.78, 5) is 23.0. The van der Waals surface area contributed by atoms with Gasteiger partial charge in [0.1, 0.15) is 13.2 Å². The number of fused-ring (bicyclic) bond motifs is 3. The minimum absolute atomic E-state index is 0.0397. The SMILES string of the molecule is COC(=O)COCCOCCOCCOCCNC(=O)OCC1c2ccccc2-c2ccccc21. The number of hydrogen-bond donors (Lipinski definition) is 1. The van der Waals surface area contributed by atoms with Crippen LogP contribution in [0.3, 0.4) is 0 Å². The van der Waals surface area contributed by atoms with Gasteiger partial charge in [-0.2, -0.15) is 0 Å². The fourth-order valence-electron chi connectivity index (χ4n) is 3.75. The Labute approximate surface area is 205 Å². The van der Waals surface area contributed by atoms with Gasteiger partial charge in [0.15, 0.2) is 0 Å². The van der Waals surface area contributed by atoms with Gasteiger partial charge >= 0.3 is 12.1 Å². The maximum Gasteiger partial charge on any atom is 0.407 e. The van der Waals surface area contributed by atoms with E-state index in [0.29, 0.717) is 52.8 Å². The lowest BCUT2D eigenvalue weighted by Crippen LogP contribution is -2.29. The highest BCUT2D eigenvalue weighted by Gasteiger charge is 2.28. The van der Waals surface area contributed by atoms with Crippen LogP contribution in [0.4, 0.5) is 4.79 Å². The first kappa shape index (κ1) is 26.6. The van der Waals surface area contributed by atoms with Gasteiger partial charge in [0.2, 0.25) is 0 Å². The van der Waals surface area contributed by atoms with Crippen molar-refractivity contribution in [2.75, 3.05) is 73.1 Å². The molecule has 35 heavy (non-hydrogen) atoms. The molecule has 1 amide bonds. The fourth-order valence-corrected chi connectivity index (χ4v) is 3.75. The van der Waals surface area contributed by atoms with E-state index >= 15 is 0 Å². The Bertz CT molecular complexity index is 890. The molecule has 0 aromatic heterocycles. The monoisotopic (exact) mass is 487 g/mol. The van der Waals surface area contributed by atoms with Crippen molar-refractivity contribution < 1.29 is 38.0 Å². The summed E-state index contributed by atoms with van der Waals surface area (Å²) in [6.07, 6.45) is -0.459. The topological polar surface area (TPSA) is 102 Å². The van der Waals surface area contributed by atoms with Crippen LogP contribution in [-0.4, -0.2) is 85.2 Å². The molecule has 9 nitrogen and oxygen atoms in total. The molecule has 3 rings (SSSR count). The molecule has 9 heteroatoms. The number of benzene rings is 2. The lowest BCUT2D eigenvalue weighted by molar-refractivity contribution is -0.146. The van der Waals surface area contributed by atoms with Crippen molar-refractivity contribution in [3.05, 3.63) is 59.7 Å². The Hall–Kier alpha value is -2.98. The zero-order chi connectivity index (χ0) is 24.7. The summed E-state index contributed by atoms with van der Waals surface area (Å²) in [6, 6.07) is 16.5. The van der Waals surface area contributed by atoms with E-state index in [9.17, 15) is 9.59 Å².